The summed E-state index contributed by atoms with van der Waals surface area (Å²) < 4.78 is 70.9. The first-order valence-corrected chi connectivity index (χ1v) is 47.9. The molecule has 12 heterocycles. The molecule has 27 nitrogen and oxygen atoms in total. The number of aryl methyl sites for hydroxylation is 4. The van der Waals surface area contributed by atoms with E-state index in [0.717, 1.165) is 175 Å². The Kier molecular flexibility index (Phi) is 30.5. The van der Waals surface area contributed by atoms with Gasteiger partial charge in [0.05, 0.1) is 55.9 Å². The van der Waals surface area contributed by atoms with Crippen molar-refractivity contribution in [3.8, 4) is 22.3 Å². The van der Waals surface area contributed by atoms with Gasteiger partial charge in [0.15, 0.2) is 17.4 Å². The molecule has 19 rings (SSSR count). The number of H-pyrrole nitrogens is 4. The first-order valence-electron chi connectivity index (χ1n) is 47.9. The van der Waals surface area contributed by atoms with Crippen LogP contribution >= 0.6 is 0 Å². The van der Waals surface area contributed by atoms with Crippen molar-refractivity contribution in [3.63, 3.8) is 0 Å². The van der Waals surface area contributed by atoms with Crippen LogP contribution in [0, 0.1) is 56.8 Å². The van der Waals surface area contributed by atoms with E-state index in [-0.39, 0.29) is 82.3 Å². The fourth-order valence-corrected chi connectivity index (χ4v) is 19.4. The van der Waals surface area contributed by atoms with E-state index < -0.39 is 24.1 Å². The van der Waals surface area contributed by atoms with Crippen molar-refractivity contribution in [3.05, 3.63) is 286 Å². The fraction of sp³-hybridized carbons (Fsp3) is 0.318. The minimum Gasteiger partial charge on any atom is -0.389 e. The number of aliphatic hydroxyl groups excluding tert-OH is 1. The molecule has 10 N–H and O–H groups in total. The van der Waals surface area contributed by atoms with Gasteiger partial charge in [0.25, 0.3) is 47.3 Å². The number of aromatic nitrogens is 4. The molecule has 8 aliphatic heterocycles. The van der Waals surface area contributed by atoms with Crippen LogP contribution in [-0.2, 0) is 62.6 Å². The summed E-state index contributed by atoms with van der Waals surface area (Å²) in [6.07, 6.45) is 13.6. The van der Waals surface area contributed by atoms with E-state index in [0.29, 0.717) is 152 Å². The van der Waals surface area contributed by atoms with Crippen LogP contribution in [0.4, 0.5) is 50.4 Å². The number of amides is 8. The summed E-state index contributed by atoms with van der Waals surface area (Å²) in [6.45, 7) is 16.1. The van der Waals surface area contributed by atoms with E-state index in [9.17, 15) is 60.7 Å². The van der Waals surface area contributed by atoms with E-state index in [1.165, 1.54) is 42.5 Å². The van der Waals surface area contributed by atoms with Gasteiger partial charge in [-0.15, -0.1) is 0 Å². The summed E-state index contributed by atoms with van der Waals surface area (Å²) in [6, 6.07) is 35.3. The van der Waals surface area contributed by atoms with E-state index in [2.05, 4.69) is 61.2 Å². The monoisotopic (exact) mass is 1930 g/mol. The van der Waals surface area contributed by atoms with Gasteiger partial charge in [-0.2, -0.15) is 0 Å². The Bertz CT molecular complexity index is 6970. The lowest BCUT2D eigenvalue weighted by Gasteiger charge is -2.23. The topological polar surface area (TPSA) is 323 Å². The molecule has 8 amide bonds. The summed E-state index contributed by atoms with van der Waals surface area (Å²) in [5.41, 5.74) is 22.6. The predicted octanol–water partition coefficient (Wildman–Crippen LogP) is 15.8. The third kappa shape index (κ3) is 21.6. The molecule has 0 spiro atoms. The van der Waals surface area contributed by atoms with Crippen LogP contribution in [0.2, 0.25) is 0 Å². The second kappa shape index (κ2) is 43.2. The van der Waals surface area contributed by atoms with Gasteiger partial charge in [-0.3, -0.25) is 43.2 Å². The molecular weight excluding hydrogens is 1810 g/mol. The highest BCUT2D eigenvalue weighted by Gasteiger charge is 2.38. The number of anilines is 5. The SMILES string of the molecule is Cc1c(/C=C2\C(=O)Nc3cc(NCc4ccc(F)cc4)c(F)cc32)[nH]c2c1C(=O)N(CCN(C)C)CCC2.Cc1c(/C=C2\C(=O)Nc3ccc(CC(=O)CO)cc32)[nH]c2c1C(=O)N(CCN(C)C)CCC2.Cc1c(/C=C2\C(=O)Nc3cccc(-c4cccc(F)c4)c32)[nH]c2c1C(=O)N(CCN(C)C)CCC2.Cc1c(/C=C2\C(=O)Nc3cccc(-c4cccc(F)c4F)c32)[nH]c2c1C(=O)N(CCN(C)C)CCC2. The maximum Gasteiger partial charge on any atom is 0.256 e. The van der Waals surface area contributed by atoms with Crippen LogP contribution in [0.25, 0.3) is 68.9 Å². The Morgan fingerprint density at radius 1 is 0.373 bits per heavy atom. The Morgan fingerprint density at radius 3 is 1.18 bits per heavy atom. The quantitative estimate of drug-likeness (QED) is 0.0199. The van der Waals surface area contributed by atoms with Gasteiger partial charge in [0.2, 0.25) is 0 Å². The number of carbonyl (C=O) groups is 9. The first-order chi connectivity index (χ1) is 68.1. The Morgan fingerprint density at radius 2 is 0.746 bits per heavy atom. The minimum absolute atomic E-state index is 0.00283. The molecule has 11 aromatic rings. The lowest BCUT2D eigenvalue weighted by atomic mass is 9.93. The molecule has 142 heavy (non-hydrogen) atoms. The van der Waals surface area contributed by atoms with Crippen LogP contribution in [0.1, 0.15) is 168 Å². The van der Waals surface area contributed by atoms with Gasteiger partial charge >= 0.3 is 0 Å². The molecule has 0 fully saturated rings. The molecule has 0 unspecified atom stereocenters. The third-order valence-electron chi connectivity index (χ3n) is 27.1. The molecule has 0 atom stereocenters. The van der Waals surface area contributed by atoms with Crippen molar-refractivity contribution in [2.45, 2.75) is 92.0 Å². The van der Waals surface area contributed by atoms with Gasteiger partial charge < -0.3 is 90.8 Å². The Balaban J connectivity index is 0.000000136. The number of benzene rings is 7. The Hall–Kier alpha value is -14.7. The number of hydrogen-bond acceptors (Lipinski definition) is 15. The van der Waals surface area contributed by atoms with Gasteiger partial charge in [-0.1, -0.05) is 66.7 Å². The van der Waals surface area contributed by atoms with Crippen molar-refractivity contribution in [2.75, 3.05) is 168 Å². The standard InChI is InChI=1S/C29H31F2N5O2.C28H28F2N4O2.C28H29FN4O2.C25H30N4O4/c1-17-24(33-23-5-4-10-36(12-11-35(2)3)29(38)27(17)23)14-21-20-13-22(31)26(15-25(20)34-28(21)37)32-16-18-6-8-19(30)9-7-18;1-16-23(31-21-11-6-12-34(14-13-33(2)3)28(36)24(16)21)15-19-25-17(7-5-10-22(25)32-27(19)35)18-8-4-9-20(29)26(18)30;1-17-24(30-22-11-6-12-33(14-13-32(2)3)28(35)25(17)22)16-21-26-20(18-7-4-8-19(29)15-18)9-5-10-23(26)31-27(21)34;1-15-22(26-21-5-4-8-29(10-9-28(2)3)25(33)23(15)21)13-19-18-12-16(11-17(31)14-30)6-7-20(18)27-24(19)32/h6-9,13-15,32-33H,4-5,10-12,16H2,1-3H3,(H,34,37);4-5,7-10,15,31H,6,11-14H2,1-3H3,(H,32,35);4-5,7-10,15-16,30H,6,11-14H2,1-3H3,(H,31,34);6-7,12-13,26,30H,4-5,8-11,14H2,1-3H3,(H,27,32)/b21-14-;19-15-;21-16-;19-13-. The highest BCUT2D eigenvalue weighted by Crippen LogP contribution is 2.46. The molecule has 7 aromatic carbocycles. The molecular formula is C110H118F5N17O10. The number of nitrogens with zero attached hydrogens (tertiary/aromatic N) is 8. The molecule has 0 aliphatic carbocycles. The van der Waals surface area contributed by atoms with Gasteiger partial charge in [0.1, 0.15) is 24.1 Å². The normalized spacial score (nSPS) is 16.4. The lowest BCUT2D eigenvalue weighted by molar-refractivity contribution is -0.121. The van der Waals surface area contributed by atoms with Crippen molar-refractivity contribution in [1.82, 2.24) is 59.1 Å². The largest absolute Gasteiger partial charge is 0.389 e. The molecule has 0 radical (unpaired) electrons. The van der Waals surface area contributed by atoms with Gasteiger partial charge in [0, 0.05) is 182 Å². The molecule has 738 valence electrons. The highest BCUT2D eigenvalue weighted by molar-refractivity contribution is 6.38. The van der Waals surface area contributed by atoms with Crippen LogP contribution in [-0.4, -0.2) is 259 Å². The number of aliphatic hydroxyl groups is 1. The minimum atomic E-state index is -0.962. The van der Waals surface area contributed by atoms with Crippen LogP contribution in [0.15, 0.2) is 133 Å². The number of likely N-dealkylation sites (N-methyl/N-ethyl adjacent to an activating group) is 4. The molecule has 0 saturated heterocycles. The molecule has 32 heteroatoms. The zero-order valence-corrected chi connectivity index (χ0v) is 81.9. The second-order valence-corrected chi connectivity index (χ2v) is 38.1. The average molecular weight is 1930 g/mol. The second-order valence-electron chi connectivity index (χ2n) is 38.1. The number of hydrogen-bond donors (Lipinski definition) is 10. The summed E-state index contributed by atoms with van der Waals surface area (Å²) in [7, 11) is 15.9. The number of rotatable bonds is 24. The third-order valence-corrected chi connectivity index (χ3v) is 27.1. The van der Waals surface area contributed by atoms with Crippen molar-refractivity contribution in [2.24, 2.45) is 0 Å². The molecule has 4 aromatic heterocycles. The maximum absolute atomic E-state index is 15.0. The fourth-order valence-electron chi connectivity index (χ4n) is 19.4. The zero-order valence-electron chi connectivity index (χ0n) is 81.9. The Labute approximate surface area is 821 Å². The number of aromatic amines is 4. The molecule has 0 saturated carbocycles. The molecule has 8 aliphatic rings. The number of Topliss-reactive ketones (excluding diaryl/α,β-unsaturated/α-hetero) is 1. The smallest absolute Gasteiger partial charge is 0.256 e. The van der Waals surface area contributed by atoms with Crippen LogP contribution in [0.5, 0.6) is 0 Å². The lowest BCUT2D eigenvalue weighted by Crippen LogP contribution is -2.36. The number of nitrogens with one attached hydrogen (secondary N) is 9. The van der Waals surface area contributed by atoms with Gasteiger partial charge in [-0.25, -0.2) is 22.0 Å². The highest BCUT2D eigenvalue weighted by atomic mass is 19.2. The number of carbonyl (C=O) groups excluding carboxylic acids is 9. The number of halogens is 5. The molecule has 0 bridgehead atoms. The first kappa shape index (κ1) is 100. The van der Waals surface area contributed by atoms with Crippen molar-refractivity contribution >= 4 is 128 Å². The van der Waals surface area contributed by atoms with E-state index in [1.807, 2.05) is 145 Å². The maximum atomic E-state index is 15.0. The summed E-state index contributed by atoms with van der Waals surface area (Å²) >= 11 is 0. The summed E-state index contributed by atoms with van der Waals surface area (Å²) in [4.78, 5) is 146. The van der Waals surface area contributed by atoms with Crippen LogP contribution in [0.3, 0.4) is 0 Å². The van der Waals surface area contributed by atoms with E-state index in [4.69, 9.17) is 5.11 Å². The van der Waals surface area contributed by atoms with Gasteiger partial charge in [-0.05, 0) is 277 Å². The van der Waals surface area contributed by atoms with Crippen LogP contribution < -0.4 is 26.6 Å². The summed E-state index contributed by atoms with van der Waals surface area (Å²) in [5, 5.41) is 23.5. The van der Waals surface area contributed by atoms with E-state index >= 15 is 4.39 Å². The zero-order chi connectivity index (χ0) is 101. The van der Waals surface area contributed by atoms with Crippen molar-refractivity contribution in [1.29, 1.82) is 0 Å². The number of fused-ring (bicyclic) bond motifs is 8. The average Bonchev–Trinajstić information content (AvgIpc) is 1.58. The van der Waals surface area contributed by atoms with E-state index in [1.54, 1.807) is 72.8 Å². The van der Waals surface area contributed by atoms with Crippen molar-refractivity contribution < 1.29 is 70.2 Å². The predicted molar refractivity (Wildman–Crippen MR) is 545 cm³/mol. The number of ketones is 1. The summed E-state index contributed by atoms with van der Waals surface area (Å²) in [5.74, 6) is -4.41.